The van der Waals surface area contributed by atoms with Gasteiger partial charge < -0.3 is 9.64 Å². The van der Waals surface area contributed by atoms with Gasteiger partial charge in [-0.2, -0.15) is 0 Å². The fourth-order valence-corrected chi connectivity index (χ4v) is 4.07. The van der Waals surface area contributed by atoms with Crippen LogP contribution >= 0.6 is 0 Å². The zero-order valence-corrected chi connectivity index (χ0v) is 14.8. The smallest absolute Gasteiger partial charge is 0.240 e. The topological polar surface area (TPSA) is 58.6 Å². The predicted molar refractivity (Wildman–Crippen MR) is 94.9 cm³/mol. The number of hydrogen-bond donors (Lipinski definition) is 1. The van der Waals surface area contributed by atoms with Gasteiger partial charge in [0.15, 0.2) is 0 Å². The number of ether oxygens (including phenoxy) is 1. The monoisotopic (exact) mass is 364 g/mol. The Morgan fingerprint density at radius 3 is 2.48 bits per heavy atom. The van der Waals surface area contributed by atoms with Crippen molar-refractivity contribution in [3.05, 3.63) is 54.3 Å². The molecule has 1 atom stereocenters. The van der Waals surface area contributed by atoms with Crippen LogP contribution in [0.15, 0.2) is 53.4 Å². The Kier molecular flexibility index (Phi) is 5.24. The molecule has 1 N–H and O–H groups in total. The second-order valence-corrected chi connectivity index (χ2v) is 7.87. The van der Waals surface area contributed by atoms with E-state index in [1.54, 1.807) is 24.3 Å². The zero-order valence-electron chi connectivity index (χ0n) is 14.0. The van der Waals surface area contributed by atoms with Crippen LogP contribution in [0.25, 0.3) is 0 Å². The Bertz CT molecular complexity index is 807. The third kappa shape index (κ3) is 4.29. The molecule has 1 saturated heterocycles. The van der Waals surface area contributed by atoms with Gasteiger partial charge in [0.2, 0.25) is 10.0 Å². The van der Waals surface area contributed by atoms with Crippen LogP contribution < -0.4 is 14.4 Å². The molecular weight excluding hydrogens is 343 g/mol. The molecule has 1 aliphatic heterocycles. The SMILES string of the molecule is COc1ccc(S(=O)(=O)NCC2CCN(c3ccc(F)cc3)C2)cc1. The zero-order chi connectivity index (χ0) is 17.9. The minimum Gasteiger partial charge on any atom is -0.497 e. The maximum atomic E-state index is 13.0. The molecule has 1 unspecified atom stereocenters. The molecule has 0 amide bonds. The Balaban J connectivity index is 1.57. The van der Waals surface area contributed by atoms with Crippen molar-refractivity contribution in [1.29, 1.82) is 0 Å². The molecule has 0 radical (unpaired) electrons. The van der Waals surface area contributed by atoms with Crippen LogP contribution in [-0.4, -0.2) is 35.2 Å². The van der Waals surface area contributed by atoms with Crippen LogP contribution in [-0.2, 0) is 10.0 Å². The van der Waals surface area contributed by atoms with Crippen molar-refractivity contribution >= 4 is 15.7 Å². The lowest BCUT2D eigenvalue weighted by atomic mass is 10.1. The standard InChI is InChI=1S/C18H21FN2O3S/c1-24-17-6-8-18(9-7-17)25(22,23)20-12-14-10-11-21(13-14)16-4-2-15(19)3-5-16/h2-9,14,20H,10-13H2,1H3. The van der Waals surface area contributed by atoms with Gasteiger partial charge in [-0.15, -0.1) is 0 Å². The number of benzene rings is 2. The third-order valence-electron chi connectivity index (χ3n) is 4.41. The average molecular weight is 364 g/mol. The Hall–Kier alpha value is -2.12. The van der Waals surface area contributed by atoms with Gasteiger partial charge in [0.1, 0.15) is 11.6 Å². The highest BCUT2D eigenvalue weighted by atomic mass is 32.2. The molecule has 3 rings (SSSR count). The molecule has 5 nitrogen and oxygen atoms in total. The van der Waals surface area contributed by atoms with Crippen molar-refractivity contribution in [2.45, 2.75) is 11.3 Å². The number of rotatable bonds is 6. The first-order valence-corrected chi connectivity index (χ1v) is 9.60. The summed E-state index contributed by atoms with van der Waals surface area (Å²) < 4.78 is 45.5. The Morgan fingerprint density at radius 1 is 1.16 bits per heavy atom. The number of sulfonamides is 1. The first-order valence-electron chi connectivity index (χ1n) is 8.12. The minimum absolute atomic E-state index is 0.220. The van der Waals surface area contributed by atoms with Gasteiger partial charge in [-0.1, -0.05) is 0 Å². The van der Waals surface area contributed by atoms with Crippen molar-refractivity contribution in [2.75, 3.05) is 31.6 Å². The largest absolute Gasteiger partial charge is 0.497 e. The van der Waals surface area contributed by atoms with E-state index in [9.17, 15) is 12.8 Å². The highest BCUT2D eigenvalue weighted by molar-refractivity contribution is 7.89. The van der Waals surface area contributed by atoms with Crippen molar-refractivity contribution in [2.24, 2.45) is 5.92 Å². The van der Waals surface area contributed by atoms with Gasteiger partial charge in [0.25, 0.3) is 0 Å². The number of nitrogens with one attached hydrogen (secondary N) is 1. The minimum atomic E-state index is -3.53. The summed E-state index contributed by atoms with van der Waals surface area (Å²) in [4.78, 5) is 2.37. The van der Waals surface area contributed by atoms with E-state index in [0.717, 1.165) is 25.2 Å². The lowest BCUT2D eigenvalue weighted by molar-refractivity contribution is 0.414. The summed E-state index contributed by atoms with van der Waals surface area (Å²) in [6.45, 7) is 1.96. The molecule has 0 saturated carbocycles. The lowest BCUT2D eigenvalue weighted by Gasteiger charge is -2.19. The molecule has 0 aromatic heterocycles. The fourth-order valence-electron chi connectivity index (χ4n) is 2.95. The summed E-state index contributed by atoms with van der Waals surface area (Å²) in [5.74, 6) is 0.578. The van der Waals surface area contributed by atoms with Crippen LogP contribution in [0.1, 0.15) is 6.42 Å². The summed E-state index contributed by atoms with van der Waals surface area (Å²) in [5.41, 5.74) is 0.960. The molecule has 1 heterocycles. The van der Waals surface area contributed by atoms with E-state index in [4.69, 9.17) is 4.74 Å². The lowest BCUT2D eigenvalue weighted by Crippen LogP contribution is -2.31. The van der Waals surface area contributed by atoms with Crippen LogP contribution in [0.2, 0.25) is 0 Å². The van der Waals surface area contributed by atoms with Gasteiger partial charge in [-0.05, 0) is 60.9 Å². The van der Waals surface area contributed by atoms with Crippen LogP contribution in [0.3, 0.4) is 0 Å². The third-order valence-corrected chi connectivity index (χ3v) is 5.85. The molecule has 134 valence electrons. The molecule has 2 aromatic carbocycles. The van der Waals surface area contributed by atoms with E-state index in [0.29, 0.717) is 12.3 Å². The summed E-state index contributed by atoms with van der Waals surface area (Å²) in [6, 6.07) is 12.7. The molecule has 1 fully saturated rings. The predicted octanol–water partition coefficient (Wildman–Crippen LogP) is 2.64. The second kappa shape index (κ2) is 7.41. The first-order chi connectivity index (χ1) is 12.0. The molecule has 25 heavy (non-hydrogen) atoms. The molecule has 1 aliphatic rings. The number of nitrogens with zero attached hydrogens (tertiary/aromatic N) is 1. The van der Waals surface area contributed by atoms with Crippen molar-refractivity contribution in [1.82, 2.24) is 4.72 Å². The Labute approximate surface area is 147 Å². The number of anilines is 1. The van der Waals surface area contributed by atoms with E-state index in [2.05, 4.69) is 9.62 Å². The highest BCUT2D eigenvalue weighted by Crippen LogP contribution is 2.24. The molecule has 7 heteroatoms. The maximum absolute atomic E-state index is 13.0. The van der Waals surface area contributed by atoms with E-state index in [1.807, 2.05) is 0 Å². The van der Waals surface area contributed by atoms with Crippen molar-refractivity contribution in [3.63, 3.8) is 0 Å². The van der Waals surface area contributed by atoms with Crippen molar-refractivity contribution < 1.29 is 17.5 Å². The van der Waals surface area contributed by atoms with Crippen LogP contribution in [0.5, 0.6) is 5.75 Å². The fraction of sp³-hybridized carbons (Fsp3) is 0.333. The molecular formula is C18H21FN2O3S. The Morgan fingerprint density at radius 2 is 1.84 bits per heavy atom. The summed E-state index contributed by atoms with van der Waals surface area (Å²) in [7, 11) is -2.00. The summed E-state index contributed by atoms with van der Waals surface area (Å²) in [5, 5.41) is 0. The second-order valence-electron chi connectivity index (χ2n) is 6.10. The van der Waals surface area contributed by atoms with Crippen molar-refractivity contribution in [3.8, 4) is 5.75 Å². The molecule has 0 aliphatic carbocycles. The number of methoxy groups -OCH3 is 1. The molecule has 2 aromatic rings. The van der Waals surface area contributed by atoms with E-state index < -0.39 is 10.0 Å². The summed E-state index contributed by atoms with van der Waals surface area (Å²) >= 11 is 0. The number of hydrogen-bond acceptors (Lipinski definition) is 4. The molecule has 0 spiro atoms. The summed E-state index contributed by atoms with van der Waals surface area (Å²) in [6.07, 6.45) is 0.891. The van der Waals surface area contributed by atoms with Crippen LogP contribution in [0, 0.1) is 11.7 Å². The number of halogens is 1. The van der Waals surface area contributed by atoms with Gasteiger partial charge in [-0.25, -0.2) is 17.5 Å². The van der Waals surface area contributed by atoms with E-state index in [-0.39, 0.29) is 16.6 Å². The maximum Gasteiger partial charge on any atom is 0.240 e. The van der Waals surface area contributed by atoms with Gasteiger partial charge in [0, 0.05) is 25.3 Å². The van der Waals surface area contributed by atoms with Gasteiger partial charge in [-0.3, -0.25) is 0 Å². The average Bonchev–Trinajstić information content (AvgIpc) is 3.10. The molecule has 0 bridgehead atoms. The van der Waals surface area contributed by atoms with Gasteiger partial charge >= 0.3 is 0 Å². The first kappa shape index (κ1) is 17.7. The highest BCUT2D eigenvalue weighted by Gasteiger charge is 2.24. The quantitative estimate of drug-likeness (QED) is 0.856. The van der Waals surface area contributed by atoms with Gasteiger partial charge in [0.05, 0.1) is 12.0 Å². The van der Waals surface area contributed by atoms with Crippen LogP contribution in [0.4, 0.5) is 10.1 Å². The normalized spacial score (nSPS) is 17.7. The van der Waals surface area contributed by atoms with E-state index in [1.165, 1.54) is 31.4 Å². The van der Waals surface area contributed by atoms with E-state index >= 15 is 0 Å².